The van der Waals surface area contributed by atoms with Gasteiger partial charge >= 0.3 is 0 Å². The Morgan fingerprint density at radius 2 is 1.74 bits per heavy atom. The molecule has 1 fully saturated rings. The van der Waals surface area contributed by atoms with Gasteiger partial charge in [-0.25, -0.2) is 4.39 Å². The predicted molar refractivity (Wildman–Crippen MR) is 138 cm³/mol. The summed E-state index contributed by atoms with van der Waals surface area (Å²) in [6, 6.07) is 11.4. The Kier molecular flexibility index (Phi) is 5.56. The molecule has 0 bridgehead atoms. The summed E-state index contributed by atoms with van der Waals surface area (Å²) in [5, 5.41) is 10.7. The Labute approximate surface area is 219 Å². The second kappa shape index (κ2) is 8.72. The monoisotopic (exact) mass is 511 g/mol. The fourth-order valence-corrected chi connectivity index (χ4v) is 6.64. The van der Waals surface area contributed by atoms with Crippen molar-refractivity contribution < 1.29 is 28.7 Å². The van der Waals surface area contributed by atoms with Gasteiger partial charge in [-0.3, -0.25) is 24.1 Å². The summed E-state index contributed by atoms with van der Waals surface area (Å²) in [4.78, 5) is 55.2. The average Bonchev–Trinajstić information content (AvgIpc) is 3.17. The van der Waals surface area contributed by atoms with Gasteiger partial charge in [0.05, 0.1) is 17.5 Å². The third-order valence-corrected chi connectivity index (χ3v) is 8.49. The number of nitrogens with zero attached hydrogens (tertiary/aromatic N) is 1. The van der Waals surface area contributed by atoms with Gasteiger partial charge in [0, 0.05) is 28.2 Å². The standard InChI is InChI=1S/C31H26FNO5/c1-3-16-7-9-17(10-8-16)33-30(37)20-12-11-18-21(26(20)31(33)38)14-22-27(24(34)13-15(2)28(22)35)25(18)19-5-4-6-23(32)29(19)36/h4-11,13,20-21,25-26,36H,3,12,14H2,1-2H3/t20-,21+,25+,26-/m0/s1. The Balaban J connectivity index is 1.48. The van der Waals surface area contributed by atoms with Gasteiger partial charge in [0.15, 0.2) is 23.1 Å². The van der Waals surface area contributed by atoms with E-state index in [2.05, 4.69) is 0 Å². The molecule has 0 unspecified atom stereocenters. The van der Waals surface area contributed by atoms with Gasteiger partial charge in [-0.1, -0.05) is 42.8 Å². The van der Waals surface area contributed by atoms with Gasteiger partial charge < -0.3 is 5.11 Å². The molecule has 192 valence electrons. The maximum absolute atomic E-state index is 14.5. The zero-order valence-electron chi connectivity index (χ0n) is 21.0. The van der Waals surface area contributed by atoms with Crippen molar-refractivity contribution in [2.45, 2.75) is 39.0 Å². The lowest BCUT2D eigenvalue weighted by Crippen LogP contribution is -2.39. The van der Waals surface area contributed by atoms with E-state index < -0.39 is 35.2 Å². The molecule has 1 N–H and O–H groups in total. The highest BCUT2D eigenvalue weighted by molar-refractivity contribution is 6.25. The number of imide groups is 1. The number of para-hydroxylation sites is 1. The van der Waals surface area contributed by atoms with Crippen molar-refractivity contribution in [3.63, 3.8) is 0 Å². The Hall–Kier alpha value is -4.13. The minimum atomic E-state index is -0.887. The van der Waals surface area contributed by atoms with Crippen LogP contribution in [0.25, 0.3) is 0 Å². The molecule has 0 spiro atoms. The number of aromatic hydroxyl groups is 1. The van der Waals surface area contributed by atoms with Crippen LogP contribution in [0.15, 0.2) is 76.9 Å². The first-order chi connectivity index (χ1) is 18.2. The number of rotatable bonds is 3. The van der Waals surface area contributed by atoms with E-state index in [1.807, 2.05) is 25.1 Å². The van der Waals surface area contributed by atoms with Crippen LogP contribution < -0.4 is 4.90 Å². The molecule has 2 amide bonds. The van der Waals surface area contributed by atoms with E-state index in [0.717, 1.165) is 18.1 Å². The van der Waals surface area contributed by atoms with E-state index in [9.17, 15) is 28.7 Å². The number of allylic oxidation sites excluding steroid dienone is 6. The van der Waals surface area contributed by atoms with Crippen LogP contribution in [0.1, 0.15) is 43.7 Å². The fraction of sp³-hybridized carbons (Fsp3) is 0.290. The van der Waals surface area contributed by atoms with Crippen LogP contribution in [0.5, 0.6) is 5.75 Å². The number of phenolic OH excluding ortho intramolecular Hbond substituents is 1. The molecule has 0 saturated carbocycles. The number of anilines is 1. The van der Waals surface area contributed by atoms with Crippen LogP contribution in [-0.4, -0.2) is 28.5 Å². The topological polar surface area (TPSA) is 91.8 Å². The lowest BCUT2D eigenvalue weighted by atomic mass is 9.59. The van der Waals surface area contributed by atoms with Crippen LogP contribution in [0.2, 0.25) is 0 Å². The zero-order chi connectivity index (χ0) is 26.9. The summed E-state index contributed by atoms with van der Waals surface area (Å²) in [5.74, 6) is -5.47. The fourth-order valence-electron chi connectivity index (χ4n) is 6.64. The zero-order valence-corrected chi connectivity index (χ0v) is 21.0. The van der Waals surface area contributed by atoms with Gasteiger partial charge in [-0.2, -0.15) is 0 Å². The first-order valence-electron chi connectivity index (χ1n) is 12.9. The van der Waals surface area contributed by atoms with Gasteiger partial charge in [0.25, 0.3) is 0 Å². The summed E-state index contributed by atoms with van der Waals surface area (Å²) >= 11 is 0. The van der Waals surface area contributed by atoms with Crippen molar-refractivity contribution in [2.75, 3.05) is 4.90 Å². The van der Waals surface area contributed by atoms with Crippen molar-refractivity contribution in [3.8, 4) is 5.75 Å². The predicted octanol–water partition coefficient (Wildman–Crippen LogP) is 4.73. The number of hydrogen-bond acceptors (Lipinski definition) is 5. The molecule has 6 nitrogen and oxygen atoms in total. The van der Waals surface area contributed by atoms with Crippen LogP contribution in [-0.2, 0) is 25.6 Å². The molecule has 4 atom stereocenters. The first kappa shape index (κ1) is 24.2. The smallest absolute Gasteiger partial charge is 0.238 e. The van der Waals surface area contributed by atoms with Crippen molar-refractivity contribution >= 4 is 29.1 Å². The van der Waals surface area contributed by atoms with Crippen molar-refractivity contribution in [1.82, 2.24) is 0 Å². The number of Topliss-reactive ketones (excluding diaryl/α,β-unsaturated/α-hetero) is 1. The van der Waals surface area contributed by atoms with E-state index in [1.54, 1.807) is 19.1 Å². The molecule has 2 aromatic carbocycles. The lowest BCUT2D eigenvalue weighted by molar-refractivity contribution is -0.123. The normalized spacial score (nSPS) is 26.7. The van der Waals surface area contributed by atoms with Crippen LogP contribution in [0, 0.1) is 23.6 Å². The molecule has 4 aliphatic rings. The number of benzene rings is 2. The minimum absolute atomic E-state index is 0.131. The van der Waals surface area contributed by atoms with E-state index in [4.69, 9.17) is 0 Å². The maximum atomic E-state index is 14.5. The third kappa shape index (κ3) is 3.37. The highest BCUT2D eigenvalue weighted by Gasteiger charge is 2.56. The van der Waals surface area contributed by atoms with Crippen LogP contribution >= 0.6 is 0 Å². The maximum Gasteiger partial charge on any atom is 0.238 e. The highest BCUT2D eigenvalue weighted by atomic mass is 19.1. The third-order valence-electron chi connectivity index (χ3n) is 8.49. The summed E-state index contributed by atoms with van der Waals surface area (Å²) in [6.45, 7) is 3.59. The van der Waals surface area contributed by atoms with Gasteiger partial charge in [0.2, 0.25) is 11.8 Å². The Bertz CT molecular complexity index is 1530. The number of carbonyl (C=O) groups is 4. The van der Waals surface area contributed by atoms with Crippen LogP contribution in [0.4, 0.5) is 10.1 Å². The number of phenols is 1. The summed E-state index contributed by atoms with van der Waals surface area (Å²) < 4.78 is 14.5. The Morgan fingerprint density at radius 3 is 2.45 bits per heavy atom. The van der Waals surface area contributed by atoms with E-state index >= 15 is 0 Å². The molecule has 0 aromatic heterocycles. The molecule has 7 heteroatoms. The van der Waals surface area contributed by atoms with Crippen molar-refractivity contribution in [2.24, 2.45) is 17.8 Å². The molecule has 6 rings (SSSR count). The molecule has 38 heavy (non-hydrogen) atoms. The first-order valence-corrected chi connectivity index (χ1v) is 12.9. The number of fused-ring (bicyclic) bond motifs is 3. The average molecular weight is 512 g/mol. The highest BCUT2D eigenvalue weighted by Crippen LogP contribution is 2.56. The second-order valence-electron chi connectivity index (χ2n) is 10.4. The summed E-state index contributed by atoms with van der Waals surface area (Å²) in [6.07, 6.45) is 4.36. The molecule has 0 radical (unpaired) electrons. The molecule has 1 aliphatic heterocycles. The van der Waals surface area contributed by atoms with Gasteiger partial charge in [-0.05, 0) is 61.9 Å². The molecule has 1 heterocycles. The number of hydrogen-bond donors (Lipinski definition) is 1. The largest absolute Gasteiger partial charge is 0.505 e. The van der Waals surface area contributed by atoms with Gasteiger partial charge in [0.1, 0.15) is 0 Å². The van der Waals surface area contributed by atoms with Crippen LogP contribution in [0.3, 0.4) is 0 Å². The quantitative estimate of drug-likeness (QED) is 0.366. The number of ketones is 2. The molecular formula is C31H26FNO5. The summed E-state index contributed by atoms with van der Waals surface area (Å²) in [5.41, 5.74) is 3.22. The number of halogens is 1. The molecule has 3 aliphatic carbocycles. The van der Waals surface area contributed by atoms with E-state index in [0.29, 0.717) is 16.8 Å². The second-order valence-corrected chi connectivity index (χ2v) is 10.4. The summed E-state index contributed by atoms with van der Waals surface area (Å²) in [7, 11) is 0. The molecular weight excluding hydrogens is 485 g/mol. The number of aryl methyl sites for hydroxylation is 1. The lowest BCUT2D eigenvalue weighted by Gasteiger charge is -2.42. The minimum Gasteiger partial charge on any atom is -0.505 e. The van der Waals surface area contributed by atoms with Crippen molar-refractivity contribution in [3.05, 3.63) is 93.9 Å². The molecule has 1 saturated heterocycles. The van der Waals surface area contributed by atoms with E-state index in [-0.39, 0.29) is 52.9 Å². The van der Waals surface area contributed by atoms with E-state index in [1.165, 1.54) is 23.1 Å². The number of carbonyl (C=O) groups excluding carboxylic acids is 4. The SMILES string of the molecule is CCc1ccc(N2C(=O)[C@H]3[C@H](CC=C4[C@H](c5cccc(F)c5O)C5=C(C[C@H]43)C(=O)C(C)=CC5=O)C2=O)cc1. The van der Waals surface area contributed by atoms with Crippen molar-refractivity contribution in [1.29, 1.82) is 0 Å². The van der Waals surface area contributed by atoms with Gasteiger partial charge in [-0.15, -0.1) is 0 Å². The molecule has 2 aromatic rings. The number of amides is 2. The Morgan fingerprint density at radius 1 is 1.00 bits per heavy atom.